The van der Waals surface area contributed by atoms with E-state index in [4.69, 9.17) is 9.47 Å². The fraction of sp³-hybridized carbons (Fsp3) is 0.348. The molecule has 1 saturated carbocycles. The summed E-state index contributed by atoms with van der Waals surface area (Å²) in [6.45, 7) is 4.47. The number of nitriles is 1. The number of hydrogen-bond acceptors (Lipinski definition) is 5. The minimum absolute atomic E-state index is 0.0832. The first-order chi connectivity index (χ1) is 14.5. The minimum Gasteiger partial charge on any atom is -0.493 e. The van der Waals surface area contributed by atoms with Crippen LogP contribution in [0.25, 0.3) is 16.6 Å². The molecule has 1 N–H and O–H groups in total. The molecule has 0 spiro atoms. The molecule has 7 heteroatoms. The van der Waals surface area contributed by atoms with Gasteiger partial charge in [-0.15, -0.1) is 0 Å². The molecule has 0 bridgehead atoms. The smallest absolute Gasteiger partial charge is 0.217 e. The van der Waals surface area contributed by atoms with E-state index in [1.54, 1.807) is 4.68 Å². The Morgan fingerprint density at radius 1 is 1.23 bits per heavy atom. The summed E-state index contributed by atoms with van der Waals surface area (Å²) in [5.74, 6) is 2.05. The lowest BCUT2D eigenvalue weighted by atomic mass is 10.2. The Hall–Kier alpha value is -3.53. The maximum Gasteiger partial charge on any atom is 0.217 e. The lowest BCUT2D eigenvalue weighted by molar-refractivity contribution is -0.119. The lowest BCUT2D eigenvalue weighted by Gasteiger charge is -2.14. The van der Waals surface area contributed by atoms with Crippen molar-refractivity contribution in [3.05, 3.63) is 48.2 Å². The number of aromatic nitrogens is 2. The molecule has 0 radical (unpaired) electrons. The van der Waals surface area contributed by atoms with Gasteiger partial charge in [0.25, 0.3) is 0 Å². The molecule has 154 valence electrons. The summed E-state index contributed by atoms with van der Waals surface area (Å²) in [4.78, 5) is 11.1. The maximum absolute atomic E-state index is 11.1. The Kier molecular flexibility index (Phi) is 5.57. The SMILES string of the molecule is CC(=O)N[C@@H](C)COc1ccc(-n2nc3cc(OCC4CC4)ccc3c2C#N)cc1. The molecule has 0 saturated heterocycles. The van der Waals surface area contributed by atoms with Crippen molar-refractivity contribution in [1.29, 1.82) is 5.26 Å². The Morgan fingerprint density at radius 2 is 1.97 bits per heavy atom. The molecule has 1 aliphatic rings. The van der Waals surface area contributed by atoms with Crippen molar-refractivity contribution in [2.24, 2.45) is 5.92 Å². The lowest BCUT2D eigenvalue weighted by Crippen LogP contribution is -2.35. The second kappa shape index (κ2) is 8.46. The largest absolute Gasteiger partial charge is 0.493 e. The highest BCUT2D eigenvalue weighted by atomic mass is 16.5. The number of rotatable bonds is 8. The molecule has 1 aliphatic carbocycles. The third-order valence-electron chi connectivity index (χ3n) is 4.96. The number of nitrogens with zero attached hydrogens (tertiary/aromatic N) is 3. The van der Waals surface area contributed by atoms with Crippen LogP contribution in [0.5, 0.6) is 11.5 Å². The molecule has 1 atom stereocenters. The van der Waals surface area contributed by atoms with E-state index < -0.39 is 0 Å². The summed E-state index contributed by atoms with van der Waals surface area (Å²) >= 11 is 0. The van der Waals surface area contributed by atoms with Crippen LogP contribution in [0.3, 0.4) is 0 Å². The highest BCUT2D eigenvalue weighted by Crippen LogP contribution is 2.31. The van der Waals surface area contributed by atoms with Crippen LogP contribution in [0, 0.1) is 17.2 Å². The van der Waals surface area contributed by atoms with E-state index >= 15 is 0 Å². The van der Waals surface area contributed by atoms with E-state index in [2.05, 4.69) is 16.5 Å². The van der Waals surface area contributed by atoms with Crippen LogP contribution in [-0.2, 0) is 4.79 Å². The number of carbonyl (C=O) groups excluding carboxylic acids is 1. The van der Waals surface area contributed by atoms with Crippen LogP contribution in [0.4, 0.5) is 0 Å². The van der Waals surface area contributed by atoms with Gasteiger partial charge in [0.15, 0.2) is 5.69 Å². The zero-order valence-electron chi connectivity index (χ0n) is 17.1. The molecular weight excluding hydrogens is 380 g/mol. The van der Waals surface area contributed by atoms with Crippen molar-refractivity contribution in [1.82, 2.24) is 15.1 Å². The Bertz CT molecular complexity index is 1090. The van der Waals surface area contributed by atoms with Crippen LogP contribution < -0.4 is 14.8 Å². The standard InChI is InChI=1S/C23H24N4O3/c1-15(25-16(2)28)13-29-19-7-5-18(6-8-19)27-23(12-24)21-10-9-20(11-22(21)26-27)30-14-17-3-4-17/h5-11,15,17H,3-4,13-14H2,1-2H3,(H,25,28)/t15-/m0/s1. The van der Waals surface area contributed by atoms with Crippen molar-refractivity contribution in [2.75, 3.05) is 13.2 Å². The summed E-state index contributed by atoms with van der Waals surface area (Å²) in [5, 5.41) is 17.9. The maximum atomic E-state index is 11.1. The highest BCUT2D eigenvalue weighted by molar-refractivity contribution is 5.85. The monoisotopic (exact) mass is 404 g/mol. The fourth-order valence-corrected chi connectivity index (χ4v) is 3.24. The van der Waals surface area contributed by atoms with Gasteiger partial charge in [-0.25, -0.2) is 4.68 Å². The van der Waals surface area contributed by atoms with Crippen molar-refractivity contribution >= 4 is 16.8 Å². The van der Waals surface area contributed by atoms with Gasteiger partial charge in [-0.2, -0.15) is 10.4 Å². The van der Waals surface area contributed by atoms with Gasteiger partial charge in [-0.05, 0) is 62.1 Å². The first kappa shape index (κ1) is 19.8. The first-order valence-electron chi connectivity index (χ1n) is 10.1. The van der Waals surface area contributed by atoms with Crippen molar-refractivity contribution in [3.8, 4) is 23.3 Å². The summed E-state index contributed by atoms with van der Waals surface area (Å²) < 4.78 is 13.2. The van der Waals surface area contributed by atoms with Crippen LogP contribution in [0.1, 0.15) is 32.4 Å². The third kappa shape index (κ3) is 4.54. The van der Waals surface area contributed by atoms with E-state index in [1.165, 1.54) is 19.8 Å². The average molecular weight is 404 g/mol. The zero-order chi connectivity index (χ0) is 21.1. The van der Waals surface area contributed by atoms with E-state index in [-0.39, 0.29) is 11.9 Å². The summed E-state index contributed by atoms with van der Waals surface area (Å²) in [7, 11) is 0. The van der Waals surface area contributed by atoms with Gasteiger partial charge in [-0.1, -0.05) is 0 Å². The van der Waals surface area contributed by atoms with Crippen molar-refractivity contribution in [2.45, 2.75) is 32.7 Å². The molecule has 0 unspecified atom stereocenters. The zero-order valence-corrected chi connectivity index (χ0v) is 17.1. The summed E-state index contributed by atoms with van der Waals surface area (Å²) in [6.07, 6.45) is 2.47. The molecular formula is C23H24N4O3. The van der Waals surface area contributed by atoms with Gasteiger partial charge < -0.3 is 14.8 Å². The minimum atomic E-state index is -0.0858. The number of amides is 1. The van der Waals surface area contributed by atoms with Crippen LogP contribution in [0.15, 0.2) is 42.5 Å². The molecule has 0 aliphatic heterocycles. The Morgan fingerprint density at radius 3 is 2.63 bits per heavy atom. The number of carbonyl (C=O) groups is 1. The van der Waals surface area contributed by atoms with Gasteiger partial charge in [0.1, 0.15) is 24.2 Å². The highest BCUT2D eigenvalue weighted by Gasteiger charge is 2.22. The first-order valence-corrected chi connectivity index (χ1v) is 10.1. The van der Waals surface area contributed by atoms with E-state index in [1.807, 2.05) is 49.4 Å². The molecule has 1 fully saturated rings. The number of fused-ring (bicyclic) bond motifs is 1. The molecule has 1 amide bonds. The normalized spacial score (nSPS) is 14.2. The van der Waals surface area contributed by atoms with Crippen molar-refractivity contribution in [3.63, 3.8) is 0 Å². The molecule has 4 rings (SSSR count). The predicted molar refractivity (Wildman–Crippen MR) is 113 cm³/mol. The number of ether oxygens (including phenoxy) is 2. The Balaban J connectivity index is 1.51. The molecule has 30 heavy (non-hydrogen) atoms. The second-order valence-corrected chi connectivity index (χ2v) is 7.71. The topological polar surface area (TPSA) is 89.2 Å². The molecule has 2 aromatic carbocycles. The second-order valence-electron chi connectivity index (χ2n) is 7.71. The van der Waals surface area contributed by atoms with E-state index in [0.717, 1.165) is 28.9 Å². The fourth-order valence-electron chi connectivity index (χ4n) is 3.24. The quantitative estimate of drug-likeness (QED) is 0.620. The summed E-state index contributed by atoms with van der Waals surface area (Å²) in [6, 6.07) is 15.2. The van der Waals surface area contributed by atoms with Gasteiger partial charge in [0.2, 0.25) is 5.91 Å². The van der Waals surface area contributed by atoms with Gasteiger partial charge in [-0.3, -0.25) is 4.79 Å². The number of benzene rings is 2. The average Bonchev–Trinajstić information content (AvgIpc) is 3.49. The molecule has 1 heterocycles. The number of hydrogen-bond donors (Lipinski definition) is 1. The molecule has 7 nitrogen and oxygen atoms in total. The summed E-state index contributed by atoms with van der Waals surface area (Å²) in [5.41, 5.74) is 1.97. The van der Waals surface area contributed by atoms with Crippen LogP contribution >= 0.6 is 0 Å². The molecule has 1 aromatic heterocycles. The van der Waals surface area contributed by atoms with Crippen LogP contribution in [-0.4, -0.2) is 34.9 Å². The third-order valence-corrected chi connectivity index (χ3v) is 4.96. The van der Waals surface area contributed by atoms with E-state index in [0.29, 0.717) is 24.0 Å². The van der Waals surface area contributed by atoms with Gasteiger partial charge in [0.05, 0.1) is 23.9 Å². The van der Waals surface area contributed by atoms with Crippen LogP contribution in [0.2, 0.25) is 0 Å². The molecule has 3 aromatic rings. The predicted octanol–water partition coefficient (Wildman–Crippen LogP) is 3.59. The van der Waals surface area contributed by atoms with Gasteiger partial charge >= 0.3 is 0 Å². The van der Waals surface area contributed by atoms with Crippen molar-refractivity contribution < 1.29 is 14.3 Å². The van der Waals surface area contributed by atoms with Gasteiger partial charge in [0, 0.05) is 18.4 Å². The Labute approximate surface area is 175 Å². The van der Waals surface area contributed by atoms with E-state index in [9.17, 15) is 10.1 Å². The number of nitrogens with one attached hydrogen (secondary N) is 1.